The lowest BCUT2D eigenvalue weighted by molar-refractivity contribution is -0.200. The molecule has 1 unspecified atom stereocenters. The van der Waals surface area contributed by atoms with Crippen LogP contribution >= 0.6 is 0 Å². The van der Waals surface area contributed by atoms with Gasteiger partial charge in [0.2, 0.25) is 5.82 Å². The maximum atomic E-state index is 12.5. The Labute approximate surface area is 140 Å². The summed E-state index contributed by atoms with van der Waals surface area (Å²) in [5.41, 5.74) is 5.90. The lowest BCUT2D eigenvalue weighted by atomic mass is 10.3. The Morgan fingerprint density at radius 3 is 2.72 bits per heavy atom. The number of hydrogen-bond donors (Lipinski definition) is 2. The monoisotopic (exact) mass is 365 g/mol. The van der Waals surface area contributed by atoms with Crippen LogP contribution in [0.15, 0.2) is 4.99 Å². The summed E-state index contributed by atoms with van der Waals surface area (Å²) in [6, 6.07) is -0.418. The molecule has 140 valence electrons. The van der Waals surface area contributed by atoms with E-state index in [-0.39, 0.29) is 17.5 Å². The first-order valence-electron chi connectivity index (χ1n) is 7.47. The average molecular weight is 365 g/mol. The highest BCUT2D eigenvalue weighted by atomic mass is 19.4. The number of methoxy groups -OCH3 is 1. The Bertz CT molecular complexity index is 659. The van der Waals surface area contributed by atoms with E-state index in [1.165, 1.54) is 0 Å². The third kappa shape index (κ3) is 4.32. The molecule has 0 saturated heterocycles. The molecule has 2 heterocycles. The van der Waals surface area contributed by atoms with E-state index in [0.717, 1.165) is 26.4 Å². The minimum Gasteiger partial charge on any atom is -0.466 e. The summed E-state index contributed by atoms with van der Waals surface area (Å²) in [5, 5.41) is 2.71. The van der Waals surface area contributed by atoms with Gasteiger partial charge in [0.05, 0.1) is 13.7 Å². The number of amidine groups is 1. The van der Waals surface area contributed by atoms with Gasteiger partial charge in [-0.15, -0.1) is 4.73 Å². The van der Waals surface area contributed by atoms with Gasteiger partial charge >= 0.3 is 18.2 Å². The molecule has 0 bridgehead atoms. The van der Waals surface area contributed by atoms with Crippen molar-refractivity contribution in [2.75, 3.05) is 13.7 Å². The lowest BCUT2D eigenvalue weighted by Crippen LogP contribution is -2.39. The molecule has 1 aliphatic rings. The Kier molecular flexibility index (Phi) is 5.72. The first-order valence-corrected chi connectivity index (χ1v) is 7.47. The fourth-order valence-electron chi connectivity index (χ4n) is 1.97. The van der Waals surface area contributed by atoms with Crippen LogP contribution in [0.5, 0.6) is 6.01 Å². The Balaban J connectivity index is 2.28. The SMILES string of the molecule is CCCCCOC1=Nc2c(nc(OC)n2OC(=O)C(F)(F)F)C(N)N1. The van der Waals surface area contributed by atoms with Crippen molar-refractivity contribution in [1.29, 1.82) is 0 Å². The maximum Gasteiger partial charge on any atom is 0.493 e. The van der Waals surface area contributed by atoms with Gasteiger partial charge in [0.25, 0.3) is 6.02 Å². The molecule has 9 nitrogen and oxygen atoms in total. The second kappa shape index (κ2) is 7.59. The molecule has 0 saturated carbocycles. The summed E-state index contributed by atoms with van der Waals surface area (Å²) in [6.45, 7) is 2.37. The molecule has 0 aliphatic carbocycles. The number of alkyl halides is 3. The van der Waals surface area contributed by atoms with E-state index in [9.17, 15) is 18.0 Å². The van der Waals surface area contributed by atoms with Crippen molar-refractivity contribution in [3.05, 3.63) is 5.69 Å². The highest BCUT2D eigenvalue weighted by Crippen LogP contribution is 2.31. The number of nitrogens with one attached hydrogen (secondary N) is 1. The third-order valence-corrected chi connectivity index (χ3v) is 3.17. The number of aromatic nitrogens is 2. The number of hydrogen-bond acceptors (Lipinski definition) is 8. The van der Waals surface area contributed by atoms with Crippen LogP contribution in [0.4, 0.5) is 19.0 Å². The number of aliphatic imine (C=N–C) groups is 1. The van der Waals surface area contributed by atoms with E-state index in [4.69, 9.17) is 15.2 Å². The van der Waals surface area contributed by atoms with Gasteiger partial charge in [-0.3, -0.25) is 0 Å². The second-order valence-corrected chi connectivity index (χ2v) is 5.07. The molecule has 1 atom stereocenters. The average Bonchev–Trinajstić information content (AvgIpc) is 2.89. The van der Waals surface area contributed by atoms with Gasteiger partial charge in [0.15, 0.2) is 0 Å². The van der Waals surface area contributed by atoms with Gasteiger partial charge in [-0.05, 0) is 6.42 Å². The summed E-state index contributed by atoms with van der Waals surface area (Å²) < 4.78 is 48.0. The zero-order chi connectivity index (χ0) is 18.6. The molecule has 1 aromatic heterocycles. The standard InChI is InChI=1S/C13H18F3N5O4/c1-3-4-5-6-24-11-19-8(17)7-9(20-11)21(12(18-7)23-2)25-10(22)13(14,15)16/h8H,3-6,17H2,1-2H3,(H,19,20). The predicted octanol–water partition coefficient (Wildman–Crippen LogP) is 1.16. The molecule has 12 heteroatoms. The van der Waals surface area contributed by atoms with Crippen molar-refractivity contribution in [3.63, 3.8) is 0 Å². The third-order valence-electron chi connectivity index (χ3n) is 3.17. The zero-order valence-corrected chi connectivity index (χ0v) is 13.6. The van der Waals surface area contributed by atoms with Crippen LogP contribution in [0.25, 0.3) is 0 Å². The van der Waals surface area contributed by atoms with Crippen LogP contribution in [0.1, 0.15) is 38.0 Å². The highest BCUT2D eigenvalue weighted by Gasteiger charge is 2.43. The molecule has 25 heavy (non-hydrogen) atoms. The second-order valence-electron chi connectivity index (χ2n) is 5.07. The molecule has 3 N–H and O–H groups in total. The van der Waals surface area contributed by atoms with Crippen LogP contribution in [-0.2, 0) is 9.53 Å². The van der Waals surface area contributed by atoms with E-state index in [1.54, 1.807) is 0 Å². The molecule has 1 aromatic rings. The fraction of sp³-hybridized carbons (Fsp3) is 0.615. The number of carbonyl (C=O) groups excluding carboxylic acids is 1. The number of ether oxygens (including phenoxy) is 2. The van der Waals surface area contributed by atoms with Gasteiger partial charge < -0.3 is 25.4 Å². The van der Waals surface area contributed by atoms with Crippen molar-refractivity contribution in [3.8, 4) is 6.01 Å². The molecular formula is C13H18F3N5O4. The molecule has 0 radical (unpaired) electrons. The molecule has 0 spiro atoms. The van der Waals surface area contributed by atoms with Crippen molar-refractivity contribution in [2.45, 2.75) is 38.5 Å². The van der Waals surface area contributed by atoms with Crippen LogP contribution in [0.2, 0.25) is 0 Å². The number of nitrogens with two attached hydrogens (primary N) is 1. The largest absolute Gasteiger partial charge is 0.493 e. The number of unbranched alkanes of at least 4 members (excludes halogenated alkanes) is 2. The van der Waals surface area contributed by atoms with Gasteiger partial charge in [0.1, 0.15) is 11.9 Å². The van der Waals surface area contributed by atoms with Crippen LogP contribution in [0, 0.1) is 0 Å². The van der Waals surface area contributed by atoms with Crippen molar-refractivity contribution >= 4 is 17.8 Å². The summed E-state index contributed by atoms with van der Waals surface area (Å²) in [5.74, 6) is -2.66. The molecule has 1 aliphatic heterocycles. The first kappa shape index (κ1) is 18.8. The minimum absolute atomic E-state index is 0.0111. The number of nitrogens with zero attached hydrogens (tertiary/aromatic N) is 3. The summed E-state index contributed by atoms with van der Waals surface area (Å²) in [4.78, 5) is 23.3. The quantitative estimate of drug-likeness (QED) is 0.728. The Morgan fingerprint density at radius 2 is 2.12 bits per heavy atom. The van der Waals surface area contributed by atoms with Crippen LogP contribution < -0.4 is 20.6 Å². The molecular weight excluding hydrogens is 347 g/mol. The Morgan fingerprint density at radius 1 is 1.40 bits per heavy atom. The van der Waals surface area contributed by atoms with Crippen LogP contribution in [0.3, 0.4) is 0 Å². The van der Waals surface area contributed by atoms with Gasteiger partial charge in [-0.2, -0.15) is 23.1 Å². The number of halogens is 3. The normalized spacial score (nSPS) is 16.6. The first-order chi connectivity index (χ1) is 11.8. The molecule has 0 aromatic carbocycles. The van der Waals surface area contributed by atoms with E-state index >= 15 is 0 Å². The smallest absolute Gasteiger partial charge is 0.466 e. The van der Waals surface area contributed by atoms with Gasteiger partial charge in [0, 0.05) is 0 Å². The maximum absolute atomic E-state index is 12.5. The van der Waals surface area contributed by atoms with Crippen LogP contribution in [-0.4, -0.2) is 41.6 Å². The predicted molar refractivity (Wildman–Crippen MR) is 79.1 cm³/mol. The summed E-state index contributed by atoms with van der Waals surface area (Å²) in [7, 11) is 1.15. The van der Waals surface area contributed by atoms with Gasteiger partial charge in [-0.1, -0.05) is 19.8 Å². The number of fused-ring (bicyclic) bond motifs is 1. The fourth-order valence-corrected chi connectivity index (χ4v) is 1.97. The summed E-state index contributed by atoms with van der Waals surface area (Å²) >= 11 is 0. The topological polar surface area (TPSA) is 113 Å². The van der Waals surface area contributed by atoms with E-state index in [1.807, 2.05) is 6.92 Å². The zero-order valence-electron chi connectivity index (χ0n) is 13.6. The molecule has 2 rings (SSSR count). The lowest BCUT2D eigenvalue weighted by Gasteiger charge is -2.20. The van der Waals surface area contributed by atoms with Crippen molar-refractivity contribution < 1.29 is 32.3 Å². The highest BCUT2D eigenvalue weighted by molar-refractivity contribution is 5.80. The summed E-state index contributed by atoms with van der Waals surface area (Å²) in [6.07, 6.45) is -3.41. The Hall–Kier alpha value is -2.50. The molecule has 0 fully saturated rings. The van der Waals surface area contributed by atoms with E-state index in [2.05, 4.69) is 20.1 Å². The number of carbonyl (C=O) groups is 1. The minimum atomic E-state index is -5.19. The van der Waals surface area contributed by atoms with Gasteiger partial charge in [-0.25, -0.2) is 4.79 Å². The van der Waals surface area contributed by atoms with E-state index in [0.29, 0.717) is 11.3 Å². The van der Waals surface area contributed by atoms with Crippen molar-refractivity contribution in [1.82, 2.24) is 15.0 Å². The number of rotatable bonds is 6. The number of imidazole rings is 1. The van der Waals surface area contributed by atoms with Crippen molar-refractivity contribution in [2.24, 2.45) is 10.7 Å². The van der Waals surface area contributed by atoms with E-state index < -0.39 is 24.3 Å². The molecule has 0 amide bonds.